The molecular weight excluding hydrogens is 378 g/mol. The summed E-state index contributed by atoms with van der Waals surface area (Å²) >= 11 is 0. The minimum absolute atomic E-state index is 0.181. The highest BCUT2D eigenvalue weighted by Crippen LogP contribution is 2.25. The number of aliphatic imine (C=N–C) groups is 1. The molecule has 8 nitrogen and oxygen atoms in total. The van der Waals surface area contributed by atoms with E-state index < -0.39 is 0 Å². The normalized spacial score (nSPS) is 17.6. The zero-order chi connectivity index (χ0) is 21.2. The van der Waals surface area contributed by atoms with Gasteiger partial charge in [-0.05, 0) is 51.4 Å². The summed E-state index contributed by atoms with van der Waals surface area (Å²) in [6, 6.07) is 4.58. The Labute approximate surface area is 180 Å². The molecule has 0 aliphatic carbocycles. The second-order valence-electron chi connectivity index (χ2n) is 7.99. The molecule has 166 valence electrons. The van der Waals surface area contributed by atoms with Crippen molar-refractivity contribution >= 4 is 5.96 Å². The van der Waals surface area contributed by atoms with Gasteiger partial charge in [0.25, 0.3) is 0 Å². The molecule has 0 radical (unpaired) electrons. The van der Waals surface area contributed by atoms with Crippen LogP contribution in [0, 0.1) is 0 Å². The molecule has 0 bridgehead atoms. The van der Waals surface area contributed by atoms with Gasteiger partial charge < -0.3 is 19.6 Å². The van der Waals surface area contributed by atoms with Gasteiger partial charge >= 0.3 is 0 Å². The highest BCUT2D eigenvalue weighted by Gasteiger charge is 2.24. The quantitative estimate of drug-likeness (QED) is 0.458. The third kappa shape index (κ3) is 6.32. The molecule has 1 aliphatic rings. The number of nitrogens with zero attached hydrogens (tertiary/aromatic N) is 5. The maximum atomic E-state index is 5.77. The number of aryl methyl sites for hydroxylation is 1. The number of rotatable bonds is 10. The fraction of sp³-hybridized carbons (Fsp3) is 0.682. The van der Waals surface area contributed by atoms with Gasteiger partial charge in [-0.25, -0.2) is 0 Å². The summed E-state index contributed by atoms with van der Waals surface area (Å²) in [5, 5.41) is 15.2. The Morgan fingerprint density at radius 2 is 2.10 bits per heavy atom. The van der Waals surface area contributed by atoms with Gasteiger partial charge in [0.05, 0.1) is 18.8 Å². The molecule has 1 fully saturated rings. The van der Waals surface area contributed by atoms with E-state index in [0.717, 1.165) is 56.6 Å². The molecule has 0 amide bonds. The van der Waals surface area contributed by atoms with Crippen molar-refractivity contribution in [3.8, 4) is 0 Å². The summed E-state index contributed by atoms with van der Waals surface area (Å²) in [7, 11) is 0. The second kappa shape index (κ2) is 11.7. The van der Waals surface area contributed by atoms with Crippen molar-refractivity contribution < 1.29 is 4.42 Å². The third-order valence-corrected chi connectivity index (χ3v) is 5.78. The monoisotopic (exact) mass is 415 g/mol. The number of hydrogen-bond donors (Lipinski definition) is 2. The summed E-state index contributed by atoms with van der Waals surface area (Å²) in [5.74, 6) is 2.86. The molecule has 3 rings (SSSR count). The zero-order valence-corrected chi connectivity index (χ0v) is 18.7. The molecule has 2 unspecified atom stereocenters. The Hall–Kier alpha value is -2.35. The summed E-state index contributed by atoms with van der Waals surface area (Å²) in [4.78, 5) is 7.47. The number of hydrogen-bond acceptors (Lipinski definition) is 5. The third-order valence-electron chi connectivity index (χ3n) is 5.78. The van der Waals surface area contributed by atoms with E-state index in [1.54, 1.807) is 12.6 Å². The molecule has 2 N–H and O–H groups in total. The Bertz CT molecular complexity index is 749. The number of nitrogens with one attached hydrogen (secondary N) is 2. The van der Waals surface area contributed by atoms with Crippen LogP contribution in [0.15, 0.2) is 34.1 Å². The van der Waals surface area contributed by atoms with Gasteiger partial charge in [-0.3, -0.25) is 9.89 Å². The van der Waals surface area contributed by atoms with Crippen LogP contribution in [0.2, 0.25) is 0 Å². The molecule has 30 heavy (non-hydrogen) atoms. The van der Waals surface area contributed by atoms with Gasteiger partial charge in [-0.1, -0.05) is 20.3 Å². The molecule has 2 aromatic heterocycles. The Morgan fingerprint density at radius 1 is 1.27 bits per heavy atom. The van der Waals surface area contributed by atoms with Crippen molar-refractivity contribution in [2.24, 2.45) is 4.99 Å². The minimum atomic E-state index is 0.181. The lowest BCUT2D eigenvalue weighted by atomic mass is 10.1. The molecule has 0 aromatic carbocycles. The molecule has 0 saturated carbocycles. The van der Waals surface area contributed by atoms with Crippen molar-refractivity contribution in [3.63, 3.8) is 0 Å². The van der Waals surface area contributed by atoms with Gasteiger partial charge in [-0.15, -0.1) is 10.2 Å². The van der Waals surface area contributed by atoms with Crippen LogP contribution < -0.4 is 10.6 Å². The van der Waals surface area contributed by atoms with Gasteiger partial charge in [0.2, 0.25) is 0 Å². The van der Waals surface area contributed by atoms with Crippen LogP contribution in [0.1, 0.15) is 64.1 Å². The van der Waals surface area contributed by atoms with Crippen LogP contribution in [0.5, 0.6) is 0 Å². The van der Waals surface area contributed by atoms with E-state index in [9.17, 15) is 0 Å². The van der Waals surface area contributed by atoms with E-state index in [0.29, 0.717) is 12.6 Å². The van der Waals surface area contributed by atoms with Crippen LogP contribution in [-0.4, -0.2) is 57.8 Å². The minimum Gasteiger partial charge on any atom is -0.468 e. The number of furan rings is 1. The van der Waals surface area contributed by atoms with Crippen molar-refractivity contribution in [2.75, 3.05) is 26.2 Å². The van der Waals surface area contributed by atoms with Gasteiger partial charge in [0.15, 0.2) is 5.96 Å². The highest BCUT2D eigenvalue weighted by molar-refractivity contribution is 5.80. The summed E-state index contributed by atoms with van der Waals surface area (Å²) in [5.41, 5.74) is 0. The van der Waals surface area contributed by atoms with Crippen LogP contribution in [0.4, 0.5) is 0 Å². The van der Waals surface area contributed by atoms with Crippen LogP contribution in [0.3, 0.4) is 0 Å². The molecule has 8 heteroatoms. The lowest BCUT2D eigenvalue weighted by Crippen LogP contribution is -2.44. The summed E-state index contributed by atoms with van der Waals surface area (Å²) < 4.78 is 7.86. The fourth-order valence-corrected chi connectivity index (χ4v) is 3.80. The van der Waals surface area contributed by atoms with Gasteiger partial charge in [-0.2, -0.15) is 0 Å². The first-order chi connectivity index (χ1) is 14.7. The van der Waals surface area contributed by atoms with E-state index in [1.165, 1.54) is 19.3 Å². The van der Waals surface area contributed by atoms with E-state index in [2.05, 4.69) is 57.1 Å². The van der Waals surface area contributed by atoms with Crippen LogP contribution in [0.25, 0.3) is 0 Å². The lowest BCUT2D eigenvalue weighted by Gasteiger charge is -2.32. The Balaban J connectivity index is 1.65. The maximum absolute atomic E-state index is 5.77. The molecule has 2 atom stereocenters. The van der Waals surface area contributed by atoms with E-state index in [-0.39, 0.29) is 6.04 Å². The van der Waals surface area contributed by atoms with Crippen LogP contribution >= 0.6 is 0 Å². The maximum Gasteiger partial charge on any atom is 0.191 e. The molecular formula is C22H37N7O. The predicted octanol–water partition coefficient (Wildman–Crippen LogP) is 2.99. The molecule has 0 spiro atoms. The van der Waals surface area contributed by atoms with Crippen molar-refractivity contribution in [2.45, 2.75) is 71.5 Å². The first kappa shape index (κ1) is 22.3. The number of piperidine rings is 1. The van der Waals surface area contributed by atoms with Gasteiger partial charge in [0, 0.05) is 25.6 Å². The lowest BCUT2D eigenvalue weighted by molar-refractivity contribution is 0.150. The van der Waals surface area contributed by atoms with Crippen molar-refractivity contribution in [1.29, 1.82) is 0 Å². The van der Waals surface area contributed by atoms with E-state index >= 15 is 0 Å². The topological polar surface area (TPSA) is 83.5 Å². The van der Waals surface area contributed by atoms with E-state index in [1.807, 2.05) is 6.07 Å². The molecule has 1 aliphatic heterocycles. The second-order valence-corrected chi connectivity index (χ2v) is 7.99. The first-order valence-corrected chi connectivity index (χ1v) is 11.4. The molecule has 2 aromatic rings. The predicted molar refractivity (Wildman–Crippen MR) is 119 cm³/mol. The standard InChI is InChI=1S/C22H37N7O/c1-4-18(3)26-22(23-11-14-29-17-25-27-21(29)5-2)24-16-19(20-10-9-15-30-20)28-12-7-6-8-13-28/h9-10,15,17-19H,4-8,11-14,16H2,1-3H3,(H2,23,24,26). The van der Waals surface area contributed by atoms with Crippen LogP contribution in [-0.2, 0) is 13.0 Å². The average Bonchev–Trinajstić information content (AvgIpc) is 3.46. The van der Waals surface area contributed by atoms with Crippen molar-refractivity contribution in [3.05, 3.63) is 36.3 Å². The number of aromatic nitrogens is 3. The smallest absolute Gasteiger partial charge is 0.191 e. The summed E-state index contributed by atoms with van der Waals surface area (Å²) in [6.07, 6.45) is 9.29. The SMILES string of the molecule is CCc1nncn1CCNC(=NCC(c1ccco1)N1CCCCC1)NC(C)CC. The summed E-state index contributed by atoms with van der Waals surface area (Å²) in [6.45, 7) is 10.9. The number of likely N-dealkylation sites (tertiary alicyclic amines) is 1. The molecule has 1 saturated heterocycles. The Morgan fingerprint density at radius 3 is 2.80 bits per heavy atom. The fourth-order valence-electron chi connectivity index (χ4n) is 3.80. The van der Waals surface area contributed by atoms with Crippen molar-refractivity contribution in [1.82, 2.24) is 30.3 Å². The first-order valence-electron chi connectivity index (χ1n) is 11.4. The Kier molecular flexibility index (Phi) is 8.74. The largest absolute Gasteiger partial charge is 0.468 e. The van der Waals surface area contributed by atoms with Gasteiger partial charge in [0.1, 0.15) is 17.9 Å². The number of guanidine groups is 1. The highest BCUT2D eigenvalue weighted by atomic mass is 16.3. The molecule has 3 heterocycles. The van der Waals surface area contributed by atoms with E-state index in [4.69, 9.17) is 9.41 Å². The zero-order valence-electron chi connectivity index (χ0n) is 18.7. The average molecular weight is 416 g/mol.